The minimum Gasteiger partial charge on any atom is -0.259 e. The van der Waals surface area contributed by atoms with Crippen LogP contribution in [-0.2, 0) is 0 Å². The fourth-order valence-electron chi connectivity index (χ4n) is 1.26. The molecule has 0 atom stereocenters. The number of rotatable bonds is 1. The van der Waals surface area contributed by atoms with Crippen LogP contribution >= 0.6 is 0 Å². The SMILES string of the molecule is C#CC#CC#CC#CC#CC#CC#CC#CC#CN(C#CC#CC#CC#CC#CC#CC#CC#CC#C)CC. The predicted molar refractivity (Wildman–Crippen MR) is 154 cm³/mol. The zero-order chi connectivity index (χ0) is 28.3. The molecule has 0 bridgehead atoms. The Hall–Kier alpha value is -8.12. The number of hydrogen-bond acceptors (Lipinski definition) is 1. The normalized spacial score (nSPS) is 4.38. The predicted octanol–water partition coefficient (Wildman–Crippen LogP) is 0.544. The van der Waals surface area contributed by atoms with Crippen LogP contribution in [0.15, 0.2) is 0 Å². The summed E-state index contributed by atoms with van der Waals surface area (Å²) in [6.45, 7) is 2.43. The molecule has 0 aromatic carbocycles. The van der Waals surface area contributed by atoms with Crippen molar-refractivity contribution >= 4 is 0 Å². The number of nitrogens with zero attached hydrogens (tertiary/aromatic N) is 1. The van der Waals surface area contributed by atoms with Crippen molar-refractivity contribution in [1.29, 1.82) is 0 Å². The van der Waals surface area contributed by atoms with E-state index in [9.17, 15) is 0 Å². The molecule has 0 heterocycles. The first-order valence-corrected chi connectivity index (χ1v) is 10.0. The van der Waals surface area contributed by atoms with Gasteiger partial charge in [-0.1, -0.05) is 0 Å². The van der Waals surface area contributed by atoms with Crippen molar-refractivity contribution in [3.05, 3.63) is 0 Å². The third-order valence-corrected chi connectivity index (χ3v) is 2.59. The van der Waals surface area contributed by atoms with Gasteiger partial charge in [-0.25, -0.2) is 0 Å². The van der Waals surface area contributed by atoms with Crippen LogP contribution in [0.25, 0.3) is 0 Å². The molecular formula is C38H7N. The van der Waals surface area contributed by atoms with Gasteiger partial charge in [0.15, 0.2) is 0 Å². The van der Waals surface area contributed by atoms with Crippen molar-refractivity contribution in [2.45, 2.75) is 6.92 Å². The van der Waals surface area contributed by atoms with Gasteiger partial charge in [-0.05, 0) is 102 Å². The molecule has 0 aliphatic heterocycles. The average molecular weight is 477 g/mol. The third-order valence-electron chi connectivity index (χ3n) is 2.59. The van der Waals surface area contributed by atoms with E-state index in [2.05, 4.69) is 202 Å². The smallest absolute Gasteiger partial charge is 0.0373 e. The first-order chi connectivity index (χ1) is 19.3. The second kappa shape index (κ2) is 27.9. The van der Waals surface area contributed by atoms with Crippen molar-refractivity contribution in [2.24, 2.45) is 0 Å². The molecule has 0 aromatic heterocycles. The van der Waals surface area contributed by atoms with E-state index in [0.717, 1.165) is 0 Å². The van der Waals surface area contributed by atoms with E-state index in [1.165, 1.54) is 4.90 Å². The zero-order valence-corrected chi connectivity index (χ0v) is 20.3. The van der Waals surface area contributed by atoms with Gasteiger partial charge in [0, 0.05) is 113 Å². The van der Waals surface area contributed by atoms with E-state index < -0.39 is 0 Å². The van der Waals surface area contributed by atoms with Gasteiger partial charge >= 0.3 is 0 Å². The van der Waals surface area contributed by atoms with Crippen molar-refractivity contribution in [1.82, 2.24) is 4.90 Å². The molecule has 0 aliphatic carbocycles. The lowest BCUT2D eigenvalue weighted by Gasteiger charge is -2.01. The summed E-state index contributed by atoms with van der Waals surface area (Å²) in [5.41, 5.74) is 0. The monoisotopic (exact) mass is 477 g/mol. The standard InChI is InChI=1S/C38H7N/c1-4-7-9-11-13-15-17-19-21-23-25-27-29-31-33-35-37-39(6-3)38-36-34-32-30-28-26-24-22-20-18-16-14-12-10-8-5-2/h1-2H,6H2,3H3. The molecule has 0 aliphatic rings. The molecule has 0 aromatic rings. The molecule has 39 heavy (non-hydrogen) atoms. The molecule has 0 radical (unpaired) electrons. The van der Waals surface area contributed by atoms with Crippen LogP contribution in [0.4, 0.5) is 0 Å². The lowest BCUT2D eigenvalue weighted by atomic mass is 10.5. The van der Waals surface area contributed by atoms with Crippen molar-refractivity contribution in [3.8, 4) is 214 Å². The average Bonchev–Trinajstić information content (AvgIpc) is 2.95. The molecule has 0 unspecified atom stereocenters. The van der Waals surface area contributed by atoms with Crippen molar-refractivity contribution in [2.75, 3.05) is 6.54 Å². The van der Waals surface area contributed by atoms with E-state index in [1.54, 1.807) is 0 Å². The topological polar surface area (TPSA) is 3.24 Å². The van der Waals surface area contributed by atoms with Gasteiger partial charge in [0.25, 0.3) is 0 Å². The van der Waals surface area contributed by atoms with E-state index in [1.807, 2.05) is 6.92 Å². The Morgan fingerprint density at radius 3 is 0.667 bits per heavy atom. The minimum atomic E-state index is 0.550. The Morgan fingerprint density at radius 2 is 0.487 bits per heavy atom. The van der Waals surface area contributed by atoms with Crippen LogP contribution < -0.4 is 0 Å². The minimum absolute atomic E-state index is 0.550. The molecule has 0 rings (SSSR count). The number of hydrogen-bond donors (Lipinski definition) is 0. The highest BCUT2D eigenvalue weighted by Crippen LogP contribution is 1.78. The van der Waals surface area contributed by atoms with Crippen molar-refractivity contribution < 1.29 is 0 Å². The van der Waals surface area contributed by atoms with Gasteiger partial charge < -0.3 is 0 Å². The van der Waals surface area contributed by atoms with Crippen LogP contribution in [0.2, 0.25) is 0 Å². The van der Waals surface area contributed by atoms with E-state index in [0.29, 0.717) is 6.54 Å². The maximum atomic E-state index is 4.94. The summed E-state index contributed by atoms with van der Waals surface area (Å²) in [6.07, 6.45) is 9.88. The molecule has 0 saturated carbocycles. The highest BCUT2D eigenvalue weighted by molar-refractivity contribution is 5.48. The van der Waals surface area contributed by atoms with Gasteiger partial charge in [0.05, 0.1) is 0 Å². The van der Waals surface area contributed by atoms with Crippen LogP contribution in [0.3, 0.4) is 0 Å². The fraction of sp³-hybridized carbons (Fsp3) is 0.0526. The quantitative estimate of drug-likeness (QED) is 0.394. The summed E-state index contributed by atoms with van der Waals surface area (Å²) in [7, 11) is 0. The first-order valence-electron chi connectivity index (χ1n) is 10.0. The Kier molecular flexibility index (Phi) is 22.1. The summed E-state index contributed by atoms with van der Waals surface area (Å²) in [4.78, 5) is 1.52. The molecule has 0 spiro atoms. The fourth-order valence-corrected chi connectivity index (χ4v) is 1.26. The number of terminal acetylenes is 2. The van der Waals surface area contributed by atoms with E-state index in [4.69, 9.17) is 12.8 Å². The van der Waals surface area contributed by atoms with Crippen LogP contribution in [-0.4, -0.2) is 11.4 Å². The summed E-state index contributed by atoms with van der Waals surface area (Å²) in [6, 6.07) is 5.52. The van der Waals surface area contributed by atoms with Gasteiger partial charge in [-0.3, -0.25) is 4.90 Å². The third kappa shape index (κ3) is 26.0. The molecular weight excluding hydrogens is 470 g/mol. The van der Waals surface area contributed by atoms with Gasteiger partial charge in [-0.2, -0.15) is 0 Å². The lowest BCUT2D eigenvalue weighted by molar-refractivity contribution is 0.598. The van der Waals surface area contributed by atoms with Gasteiger partial charge in [0.2, 0.25) is 0 Å². The summed E-state index contributed by atoms with van der Waals surface area (Å²) < 4.78 is 0. The largest absolute Gasteiger partial charge is 0.259 e. The second-order valence-corrected chi connectivity index (χ2v) is 5.01. The maximum Gasteiger partial charge on any atom is 0.0373 e. The molecule has 0 fully saturated rings. The van der Waals surface area contributed by atoms with Crippen LogP contribution in [0, 0.1) is 214 Å². The highest BCUT2D eigenvalue weighted by Gasteiger charge is 1.85. The second-order valence-electron chi connectivity index (χ2n) is 5.01. The van der Waals surface area contributed by atoms with Crippen LogP contribution in [0.1, 0.15) is 6.92 Å². The molecule has 1 heteroatoms. The van der Waals surface area contributed by atoms with Crippen LogP contribution in [0.5, 0.6) is 0 Å². The molecule has 0 amide bonds. The molecule has 0 N–H and O–H groups in total. The first kappa shape index (κ1) is 30.9. The van der Waals surface area contributed by atoms with Gasteiger partial charge in [-0.15, -0.1) is 12.8 Å². The maximum absolute atomic E-state index is 4.94. The summed E-state index contributed by atoms with van der Waals surface area (Å²) in [5, 5.41) is 0. The van der Waals surface area contributed by atoms with Crippen molar-refractivity contribution in [3.63, 3.8) is 0 Å². The Balaban J connectivity index is 4.74. The molecule has 0 saturated heterocycles. The van der Waals surface area contributed by atoms with Gasteiger partial charge in [0.1, 0.15) is 0 Å². The lowest BCUT2D eigenvalue weighted by Crippen LogP contribution is -2.08. The highest BCUT2D eigenvalue weighted by atomic mass is 15.1. The Labute approximate surface area is 232 Å². The summed E-state index contributed by atoms with van der Waals surface area (Å²) >= 11 is 0. The summed E-state index contributed by atoms with van der Waals surface area (Å²) in [5.74, 6) is 79.2. The Bertz CT molecular complexity index is 1940. The zero-order valence-electron chi connectivity index (χ0n) is 20.3. The van der Waals surface area contributed by atoms with E-state index >= 15 is 0 Å². The molecule has 1 nitrogen and oxygen atoms in total. The van der Waals surface area contributed by atoms with E-state index in [-0.39, 0.29) is 0 Å². The molecule has 164 valence electrons. The Morgan fingerprint density at radius 1 is 0.308 bits per heavy atom.